The van der Waals surface area contributed by atoms with Gasteiger partial charge in [-0.25, -0.2) is 0 Å². The molecule has 0 amide bonds. The second kappa shape index (κ2) is 4.16. The number of hydrogen-bond donors (Lipinski definition) is 1. The van der Waals surface area contributed by atoms with Crippen molar-refractivity contribution in [3.05, 3.63) is 29.8 Å². The highest BCUT2D eigenvalue weighted by Gasteiger charge is 1.97. The topological polar surface area (TPSA) is 29.1 Å². The quantitative estimate of drug-likeness (QED) is 0.574. The van der Waals surface area contributed by atoms with Crippen molar-refractivity contribution in [3.63, 3.8) is 0 Å². The van der Waals surface area contributed by atoms with Gasteiger partial charge in [0, 0.05) is 17.5 Å². The van der Waals surface area contributed by atoms with Gasteiger partial charge >= 0.3 is 0 Å². The Morgan fingerprint density at radius 1 is 1.33 bits per heavy atom. The van der Waals surface area contributed by atoms with Crippen LogP contribution in [0.5, 0.6) is 0 Å². The summed E-state index contributed by atoms with van der Waals surface area (Å²) in [7, 11) is 0. The van der Waals surface area contributed by atoms with Gasteiger partial charge in [0.05, 0.1) is 0 Å². The molecule has 0 radical (unpaired) electrons. The fraction of sp³-hybridized carbons (Fsp3) is 0.222. The Morgan fingerprint density at radius 3 is 2.33 bits per heavy atom. The van der Waals surface area contributed by atoms with Crippen molar-refractivity contribution in [2.45, 2.75) is 6.92 Å². The van der Waals surface area contributed by atoms with Gasteiger partial charge < -0.3 is 4.72 Å². The van der Waals surface area contributed by atoms with Crippen molar-refractivity contribution in [1.82, 2.24) is 0 Å². The molecule has 1 rings (SSSR count). The minimum Gasteiger partial charge on any atom is -0.330 e. The van der Waals surface area contributed by atoms with Gasteiger partial charge in [-0.1, -0.05) is 11.9 Å². The summed E-state index contributed by atoms with van der Waals surface area (Å²) in [6, 6.07) is 7.43. The molecule has 0 spiro atoms. The maximum absolute atomic E-state index is 10.9. The van der Waals surface area contributed by atoms with E-state index in [-0.39, 0.29) is 5.78 Å². The standard InChI is InChI=1S/C9H11NOS/c1-7(11)8-3-5-9(6-4-8)10-12-2/h3-6,10H,1-2H3. The fourth-order valence-electron chi connectivity index (χ4n) is 0.891. The smallest absolute Gasteiger partial charge is 0.159 e. The van der Waals surface area contributed by atoms with Crippen molar-refractivity contribution < 1.29 is 4.79 Å². The molecule has 1 N–H and O–H groups in total. The lowest BCUT2D eigenvalue weighted by atomic mass is 10.1. The SMILES string of the molecule is CSNc1ccc(C(C)=O)cc1. The summed E-state index contributed by atoms with van der Waals surface area (Å²) in [6.07, 6.45) is 1.96. The third-order valence-corrected chi connectivity index (χ3v) is 1.95. The zero-order valence-corrected chi connectivity index (χ0v) is 7.94. The normalized spacial score (nSPS) is 9.50. The van der Waals surface area contributed by atoms with Gasteiger partial charge in [-0.3, -0.25) is 4.79 Å². The molecule has 0 fully saturated rings. The molecule has 12 heavy (non-hydrogen) atoms. The van der Waals surface area contributed by atoms with Gasteiger partial charge in [0.25, 0.3) is 0 Å². The average molecular weight is 181 g/mol. The summed E-state index contributed by atoms with van der Waals surface area (Å²) in [4.78, 5) is 10.9. The van der Waals surface area contributed by atoms with Crippen LogP contribution in [-0.2, 0) is 0 Å². The second-order valence-electron chi connectivity index (χ2n) is 2.44. The number of nitrogens with one attached hydrogen (secondary N) is 1. The Kier molecular flexibility index (Phi) is 3.17. The molecule has 0 bridgehead atoms. The highest BCUT2D eigenvalue weighted by Crippen LogP contribution is 2.12. The highest BCUT2D eigenvalue weighted by molar-refractivity contribution is 7.99. The molecule has 0 atom stereocenters. The lowest BCUT2D eigenvalue weighted by molar-refractivity contribution is 0.101. The summed E-state index contributed by atoms with van der Waals surface area (Å²) in [5, 5.41) is 0. The van der Waals surface area contributed by atoms with Crippen molar-refractivity contribution in [2.75, 3.05) is 11.0 Å². The Hall–Kier alpha value is -0.960. The van der Waals surface area contributed by atoms with E-state index in [1.165, 1.54) is 11.9 Å². The first-order valence-electron chi connectivity index (χ1n) is 3.64. The Labute approximate surface area is 76.5 Å². The maximum Gasteiger partial charge on any atom is 0.159 e. The molecular weight excluding hydrogens is 170 g/mol. The minimum absolute atomic E-state index is 0.103. The number of ketones is 1. The lowest BCUT2D eigenvalue weighted by Gasteiger charge is -2.01. The van der Waals surface area contributed by atoms with Crippen LogP contribution in [0.3, 0.4) is 0 Å². The number of hydrogen-bond acceptors (Lipinski definition) is 3. The van der Waals surface area contributed by atoms with E-state index in [0.29, 0.717) is 0 Å². The number of rotatable bonds is 3. The zero-order chi connectivity index (χ0) is 8.97. The monoisotopic (exact) mass is 181 g/mol. The van der Waals surface area contributed by atoms with E-state index in [4.69, 9.17) is 0 Å². The number of carbonyl (C=O) groups is 1. The van der Waals surface area contributed by atoms with E-state index >= 15 is 0 Å². The molecular formula is C9H11NOS. The third-order valence-electron chi connectivity index (χ3n) is 1.51. The summed E-state index contributed by atoms with van der Waals surface area (Å²) in [5.74, 6) is 0.103. The maximum atomic E-state index is 10.9. The van der Waals surface area contributed by atoms with Crippen LogP contribution in [0.4, 0.5) is 5.69 Å². The molecule has 64 valence electrons. The molecule has 3 heteroatoms. The van der Waals surface area contributed by atoms with E-state index < -0.39 is 0 Å². The Morgan fingerprint density at radius 2 is 1.92 bits per heavy atom. The molecule has 0 aromatic heterocycles. The number of carbonyl (C=O) groups excluding carboxylic acids is 1. The van der Waals surface area contributed by atoms with E-state index in [1.54, 1.807) is 6.92 Å². The van der Waals surface area contributed by atoms with Gasteiger partial charge in [-0.05, 0) is 31.2 Å². The van der Waals surface area contributed by atoms with Gasteiger partial charge in [0.1, 0.15) is 0 Å². The van der Waals surface area contributed by atoms with Crippen molar-refractivity contribution in [2.24, 2.45) is 0 Å². The minimum atomic E-state index is 0.103. The Bertz CT molecular complexity index is 268. The van der Waals surface area contributed by atoms with E-state index in [2.05, 4.69) is 4.72 Å². The molecule has 2 nitrogen and oxygen atoms in total. The van der Waals surface area contributed by atoms with E-state index in [9.17, 15) is 4.79 Å². The molecule has 0 heterocycles. The zero-order valence-electron chi connectivity index (χ0n) is 7.13. The highest BCUT2D eigenvalue weighted by atomic mass is 32.2. The van der Waals surface area contributed by atoms with E-state index in [1.807, 2.05) is 30.5 Å². The van der Waals surface area contributed by atoms with Gasteiger partial charge in [-0.15, -0.1) is 0 Å². The molecule has 0 saturated carbocycles. The van der Waals surface area contributed by atoms with Crippen LogP contribution in [0.2, 0.25) is 0 Å². The van der Waals surface area contributed by atoms with Crippen molar-refractivity contribution in [3.8, 4) is 0 Å². The first-order chi connectivity index (χ1) is 5.74. The molecule has 1 aromatic carbocycles. The van der Waals surface area contributed by atoms with Crippen molar-refractivity contribution in [1.29, 1.82) is 0 Å². The van der Waals surface area contributed by atoms with Gasteiger partial charge in [-0.2, -0.15) is 0 Å². The van der Waals surface area contributed by atoms with Crippen LogP contribution >= 0.6 is 11.9 Å². The first-order valence-corrected chi connectivity index (χ1v) is 4.86. The third kappa shape index (κ3) is 2.27. The number of Topliss-reactive ketones (excluding diaryl/α,β-unsaturated/α-hetero) is 1. The van der Waals surface area contributed by atoms with Crippen molar-refractivity contribution >= 4 is 23.4 Å². The molecule has 1 aromatic rings. The molecule has 0 aliphatic rings. The summed E-state index contributed by atoms with van der Waals surface area (Å²) < 4.78 is 3.08. The van der Waals surface area contributed by atoms with Crippen LogP contribution < -0.4 is 4.72 Å². The molecule has 0 saturated heterocycles. The van der Waals surface area contributed by atoms with Gasteiger partial charge in [0.2, 0.25) is 0 Å². The number of anilines is 1. The summed E-state index contributed by atoms with van der Waals surface area (Å²) >= 11 is 1.53. The average Bonchev–Trinajstić information content (AvgIpc) is 2.06. The van der Waals surface area contributed by atoms with Crippen LogP contribution in [0.15, 0.2) is 24.3 Å². The number of benzene rings is 1. The second-order valence-corrected chi connectivity index (χ2v) is 3.05. The lowest BCUT2D eigenvalue weighted by Crippen LogP contribution is -1.91. The molecule has 0 unspecified atom stereocenters. The largest absolute Gasteiger partial charge is 0.330 e. The van der Waals surface area contributed by atoms with Crippen LogP contribution in [0.25, 0.3) is 0 Å². The van der Waals surface area contributed by atoms with Crippen LogP contribution in [-0.4, -0.2) is 12.0 Å². The molecule has 0 aliphatic carbocycles. The predicted molar refractivity (Wildman–Crippen MR) is 53.6 cm³/mol. The first kappa shape index (κ1) is 9.13. The van der Waals surface area contributed by atoms with Crippen LogP contribution in [0, 0.1) is 0 Å². The fourth-order valence-corrected chi connectivity index (χ4v) is 1.26. The molecule has 0 aliphatic heterocycles. The summed E-state index contributed by atoms with van der Waals surface area (Å²) in [6.45, 7) is 1.57. The van der Waals surface area contributed by atoms with E-state index in [0.717, 1.165) is 11.3 Å². The van der Waals surface area contributed by atoms with Gasteiger partial charge in [0.15, 0.2) is 5.78 Å². The summed E-state index contributed by atoms with van der Waals surface area (Å²) in [5.41, 5.74) is 1.77. The van der Waals surface area contributed by atoms with Crippen LogP contribution in [0.1, 0.15) is 17.3 Å². The Balaban J connectivity index is 2.78. The predicted octanol–water partition coefficient (Wildman–Crippen LogP) is 2.58.